The highest BCUT2D eigenvalue weighted by atomic mass is 32.2. The third kappa shape index (κ3) is 28.9. The molecule has 288 valence electrons. The number of aryl methyl sites for hydroxylation is 1. The first-order valence-corrected chi connectivity index (χ1v) is 20.2. The molecule has 0 radical (unpaired) electrons. The minimum atomic E-state index is -3.23. The van der Waals surface area contributed by atoms with Crippen LogP contribution in [0.1, 0.15) is 57.7 Å². The molecule has 10 heteroatoms. The minimum Gasteiger partial charge on any atom is -0.484 e. The molecule has 3 rings (SSSR count). The molecule has 0 saturated carbocycles. The fourth-order valence-electron chi connectivity index (χ4n) is 3.73. The van der Waals surface area contributed by atoms with Crippen molar-refractivity contribution in [3.05, 3.63) is 126 Å². The van der Waals surface area contributed by atoms with Gasteiger partial charge in [-0.3, -0.25) is 0 Å². The number of hydrogen-bond acceptors (Lipinski definition) is 7. The molecule has 0 aliphatic carbocycles. The molecular weight excluding hydrogens is 690 g/mol. The van der Waals surface area contributed by atoms with Crippen LogP contribution in [0.3, 0.4) is 0 Å². The Balaban J connectivity index is -0.000000801. The maximum absolute atomic E-state index is 12.0. The van der Waals surface area contributed by atoms with Gasteiger partial charge in [0.05, 0.1) is 19.0 Å². The van der Waals surface area contributed by atoms with Crippen LogP contribution >= 0.6 is 8.38 Å². The van der Waals surface area contributed by atoms with Crippen molar-refractivity contribution in [1.82, 2.24) is 4.31 Å². The molecule has 3 aromatic carbocycles. The summed E-state index contributed by atoms with van der Waals surface area (Å²) in [5, 5.41) is 0. The van der Waals surface area contributed by atoms with Crippen LogP contribution in [0.4, 0.5) is 0 Å². The quantitative estimate of drug-likeness (QED) is 0.0757. The number of allylic oxidation sites excluding steroid dienone is 1. The van der Waals surface area contributed by atoms with E-state index >= 15 is 0 Å². The van der Waals surface area contributed by atoms with E-state index in [1.807, 2.05) is 120 Å². The fourth-order valence-corrected chi connectivity index (χ4v) is 6.31. The normalized spacial score (nSPS) is 10.1. The van der Waals surface area contributed by atoms with Gasteiger partial charge in [-0.25, -0.2) is 12.7 Å². The van der Waals surface area contributed by atoms with E-state index in [0.717, 1.165) is 16.9 Å². The van der Waals surface area contributed by atoms with Gasteiger partial charge in [-0.2, -0.15) is 0 Å². The van der Waals surface area contributed by atoms with Crippen molar-refractivity contribution in [2.75, 3.05) is 38.3 Å². The Kier molecular flexibility index (Phi) is 37.4. The summed E-state index contributed by atoms with van der Waals surface area (Å²) in [6.45, 7) is 18.2. The summed E-state index contributed by atoms with van der Waals surface area (Å²) in [5.41, 5.74) is 14.2. The van der Waals surface area contributed by atoms with Gasteiger partial charge in [0.1, 0.15) is 5.75 Å². The molecule has 52 heavy (non-hydrogen) atoms. The van der Waals surface area contributed by atoms with E-state index in [2.05, 4.69) is 39.2 Å². The second-order valence-corrected chi connectivity index (χ2v) is 14.2. The van der Waals surface area contributed by atoms with E-state index < -0.39 is 18.4 Å². The van der Waals surface area contributed by atoms with E-state index in [1.165, 1.54) is 9.87 Å². The van der Waals surface area contributed by atoms with E-state index in [-0.39, 0.29) is 5.75 Å². The molecule has 0 unspecified atom stereocenters. The van der Waals surface area contributed by atoms with Gasteiger partial charge >= 0.3 is 0 Å². The van der Waals surface area contributed by atoms with Gasteiger partial charge in [0.15, 0.2) is 6.35 Å². The zero-order chi connectivity index (χ0) is 40.0. The van der Waals surface area contributed by atoms with E-state index in [1.54, 1.807) is 18.2 Å². The number of nitrogens with two attached hydrogens (primary N) is 2. The van der Waals surface area contributed by atoms with Crippen LogP contribution in [0.25, 0.3) is 0 Å². The standard InChI is InChI=1S/C22H23O3P.C11H25N3O2S.C3H6.C2H6.2C2H2/c1-19-12-14-22(15-13-19)23-18-26(24-16-20-8-4-2-5-9-20)25-17-21-10-6-3-7-11-21;1-11(2)10-14(8-5-7-13)17(15,16)9-4-3-6-12;1-3-2;3*1-2/h2-15H,16-18H2,1H3;3-4,11H,5-10,12-13H2,1-2H3;3H,1H2,2H3;1-2H3;2*1-2H/b;4-3-;;;;. The number of terminal acetylenes is 2. The van der Waals surface area contributed by atoms with Crippen molar-refractivity contribution in [3.63, 3.8) is 0 Å². The van der Waals surface area contributed by atoms with Crippen LogP contribution < -0.4 is 16.2 Å². The monoisotopic (exact) mass is 753 g/mol. The topological polar surface area (TPSA) is 117 Å². The van der Waals surface area contributed by atoms with E-state index in [4.69, 9.17) is 25.3 Å². The summed E-state index contributed by atoms with van der Waals surface area (Å²) < 4.78 is 43.5. The van der Waals surface area contributed by atoms with Gasteiger partial charge in [-0.1, -0.05) is 124 Å². The lowest BCUT2D eigenvalue weighted by molar-refractivity contribution is 0.215. The van der Waals surface area contributed by atoms with Gasteiger partial charge in [-0.15, -0.1) is 32.3 Å². The molecular formula is C42H64N3O5PS. The Hall–Kier alpha value is -3.76. The molecule has 3 aromatic rings. The zero-order valence-corrected chi connectivity index (χ0v) is 34.0. The molecule has 4 N–H and O–H groups in total. The maximum Gasteiger partial charge on any atom is 0.217 e. The maximum atomic E-state index is 12.0. The molecule has 0 aliphatic heterocycles. The summed E-state index contributed by atoms with van der Waals surface area (Å²) in [6.07, 6.45) is 22.1. The highest BCUT2D eigenvalue weighted by Gasteiger charge is 2.20. The summed E-state index contributed by atoms with van der Waals surface area (Å²) >= 11 is 0. The second-order valence-electron chi connectivity index (χ2n) is 10.7. The Morgan fingerprint density at radius 1 is 0.827 bits per heavy atom. The Morgan fingerprint density at radius 3 is 1.69 bits per heavy atom. The number of benzene rings is 3. The first-order valence-electron chi connectivity index (χ1n) is 17.2. The van der Waals surface area contributed by atoms with Crippen molar-refractivity contribution in [3.8, 4) is 31.4 Å². The van der Waals surface area contributed by atoms with Gasteiger partial charge in [0.25, 0.3) is 0 Å². The summed E-state index contributed by atoms with van der Waals surface area (Å²) in [7, 11) is -4.39. The van der Waals surface area contributed by atoms with E-state index in [0.29, 0.717) is 58.1 Å². The van der Waals surface area contributed by atoms with Crippen molar-refractivity contribution in [2.45, 2.75) is 61.2 Å². The largest absolute Gasteiger partial charge is 0.484 e. The molecule has 0 aliphatic rings. The Morgan fingerprint density at radius 2 is 1.29 bits per heavy atom. The fraction of sp³-hybridized carbons (Fsp3) is 0.381. The van der Waals surface area contributed by atoms with Crippen molar-refractivity contribution in [1.29, 1.82) is 0 Å². The molecule has 0 saturated heterocycles. The van der Waals surface area contributed by atoms with Gasteiger partial charge < -0.3 is 25.3 Å². The molecule has 0 atom stereocenters. The average Bonchev–Trinajstić information content (AvgIpc) is 3.17. The molecule has 8 nitrogen and oxygen atoms in total. The molecule has 0 spiro atoms. The van der Waals surface area contributed by atoms with Gasteiger partial charge in [-0.05, 0) is 56.0 Å². The van der Waals surface area contributed by atoms with Crippen LogP contribution in [-0.2, 0) is 32.3 Å². The van der Waals surface area contributed by atoms with Gasteiger partial charge in [0.2, 0.25) is 18.4 Å². The smallest absolute Gasteiger partial charge is 0.217 e. The Bertz CT molecular complexity index is 1350. The van der Waals surface area contributed by atoms with E-state index in [9.17, 15) is 8.42 Å². The summed E-state index contributed by atoms with van der Waals surface area (Å²) in [5.74, 6) is 1.15. The lowest BCUT2D eigenvalue weighted by atomic mass is 10.2. The third-order valence-electron chi connectivity index (χ3n) is 5.98. The third-order valence-corrected chi connectivity index (χ3v) is 8.88. The highest BCUT2D eigenvalue weighted by molar-refractivity contribution is 7.89. The number of sulfonamides is 1. The number of nitrogens with zero attached hydrogens (tertiary/aromatic N) is 1. The SMILES string of the molecule is C#C.C#C.C=CC.CC.CC(C)CN(CCCN)S(=O)(=O)C/C=C\CN.Cc1ccc(OCP(OCc2ccccc2)OCc2ccccc2)cc1. The van der Waals surface area contributed by atoms with Crippen LogP contribution in [0.5, 0.6) is 5.75 Å². The van der Waals surface area contributed by atoms with Crippen LogP contribution in [0.2, 0.25) is 0 Å². The minimum absolute atomic E-state index is 0.0154. The van der Waals surface area contributed by atoms with Crippen LogP contribution in [0, 0.1) is 38.5 Å². The molecule has 0 amide bonds. The lowest BCUT2D eigenvalue weighted by Crippen LogP contribution is -2.37. The molecule has 0 heterocycles. The lowest BCUT2D eigenvalue weighted by Gasteiger charge is -2.23. The Labute approximate surface area is 318 Å². The average molecular weight is 754 g/mol. The molecule has 0 aromatic heterocycles. The molecule has 0 bridgehead atoms. The van der Waals surface area contributed by atoms with Crippen molar-refractivity contribution in [2.24, 2.45) is 17.4 Å². The van der Waals surface area contributed by atoms with Gasteiger partial charge in [0, 0.05) is 19.6 Å². The number of rotatable bonds is 18. The zero-order valence-electron chi connectivity index (χ0n) is 32.3. The summed E-state index contributed by atoms with van der Waals surface area (Å²) in [4.78, 5) is 0. The molecule has 0 fully saturated rings. The first kappa shape index (κ1) is 52.6. The van der Waals surface area contributed by atoms with Crippen molar-refractivity contribution < 1.29 is 22.2 Å². The predicted molar refractivity (Wildman–Crippen MR) is 225 cm³/mol. The summed E-state index contributed by atoms with van der Waals surface area (Å²) in [6, 6.07) is 28.2. The first-order chi connectivity index (χ1) is 25.1. The second kappa shape index (κ2) is 37.0. The number of hydrogen-bond donors (Lipinski definition) is 2. The van der Waals surface area contributed by atoms with Crippen LogP contribution in [0.15, 0.2) is 110 Å². The van der Waals surface area contributed by atoms with Crippen LogP contribution in [-0.4, -0.2) is 51.0 Å². The highest BCUT2D eigenvalue weighted by Crippen LogP contribution is 2.40. The predicted octanol–water partition coefficient (Wildman–Crippen LogP) is 8.93. The van der Waals surface area contributed by atoms with Crippen molar-refractivity contribution >= 4 is 18.4 Å². The number of ether oxygens (including phenoxy) is 1.